The van der Waals surface area contributed by atoms with Crippen LogP contribution in [0.15, 0.2) is 23.9 Å². The highest BCUT2D eigenvalue weighted by atomic mass is 19.4. The van der Waals surface area contributed by atoms with Gasteiger partial charge in [0.2, 0.25) is 0 Å². The van der Waals surface area contributed by atoms with Crippen molar-refractivity contribution in [1.29, 1.82) is 0 Å². The van der Waals surface area contributed by atoms with Gasteiger partial charge >= 0.3 is 6.36 Å². The summed E-state index contributed by atoms with van der Waals surface area (Å²) in [5.41, 5.74) is 5.78. The Hall–Kier alpha value is -0.970. The van der Waals surface area contributed by atoms with Crippen LogP contribution in [0, 0.1) is 0 Å². The van der Waals surface area contributed by atoms with Crippen LogP contribution in [0.2, 0.25) is 0 Å². The van der Waals surface area contributed by atoms with E-state index in [1.165, 1.54) is 18.2 Å². The van der Waals surface area contributed by atoms with E-state index >= 15 is 0 Å². The molecular formula is C9H14F3NO. The van der Waals surface area contributed by atoms with Crippen LogP contribution >= 0.6 is 0 Å². The number of hydrogen-bond donors (Lipinski definition) is 1. The molecule has 0 saturated carbocycles. The Kier molecular flexibility index (Phi) is 5.30. The minimum Gasteiger partial charge on any atom is -0.403 e. The first-order chi connectivity index (χ1) is 6.35. The molecule has 0 aliphatic rings. The zero-order chi connectivity index (χ0) is 11.2. The molecule has 0 bridgehead atoms. The van der Waals surface area contributed by atoms with Crippen molar-refractivity contribution >= 4 is 0 Å². The van der Waals surface area contributed by atoms with Gasteiger partial charge in [-0.2, -0.15) is 0 Å². The van der Waals surface area contributed by atoms with E-state index in [1.807, 2.05) is 0 Å². The van der Waals surface area contributed by atoms with Crippen molar-refractivity contribution in [2.45, 2.75) is 32.7 Å². The van der Waals surface area contributed by atoms with Gasteiger partial charge in [0.05, 0.1) is 6.10 Å². The standard InChI is InChI=1S/C9H14F3NO/c1-3-4-8(6-5-7(2)13)14-9(10,11)12/h3-5,8H,6,13H2,1-2H3/b4-3-,7-5+. The maximum Gasteiger partial charge on any atom is 0.523 e. The summed E-state index contributed by atoms with van der Waals surface area (Å²) in [6.45, 7) is 3.24. The molecule has 0 rings (SSSR count). The second-order valence-corrected chi connectivity index (χ2v) is 2.81. The Balaban J connectivity index is 4.24. The molecule has 0 aromatic rings. The number of allylic oxidation sites excluding steroid dienone is 2. The normalized spacial score (nSPS) is 16.2. The third kappa shape index (κ3) is 7.67. The van der Waals surface area contributed by atoms with Gasteiger partial charge in [-0.05, 0) is 20.3 Å². The van der Waals surface area contributed by atoms with E-state index in [0.717, 1.165) is 0 Å². The third-order valence-corrected chi connectivity index (χ3v) is 1.36. The monoisotopic (exact) mass is 209 g/mol. The minimum atomic E-state index is -4.61. The predicted octanol–water partition coefficient (Wildman–Crippen LogP) is 2.72. The summed E-state index contributed by atoms with van der Waals surface area (Å²) in [6, 6.07) is 0. The van der Waals surface area contributed by atoms with Crippen LogP contribution in [0.3, 0.4) is 0 Å². The van der Waals surface area contributed by atoms with Gasteiger partial charge in [0.1, 0.15) is 0 Å². The lowest BCUT2D eigenvalue weighted by molar-refractivity contribution is -0.335. The summed E-state index contributed by atoms with van der Waals surface area (Å²) in [4.78, 5) is 0. The highest BCUT2D eigenvalue weighted by molar-refractivity contribution is 4.98. The largest absolute Gasteiger partial charge is 0.523 e. The van der Waals surface area contributed by atoms with E-state index in [1.54, 1.807) is 13.8 Å². The number of alkyl halides is 3. The second-order valence-electron chi connectivity index (χ2n) is 2.81. The van der Waals surface area contributed by atoms with E-state index in [4.69, 9.17) is 5.73 Å². The molecule has 0 saturated heterocycles. The first kappa shape index (κ1) is 13.0. The molecule has 5 heteroatoms. The SMILES string of the molecule is C/C=C\C(C/C=C(\C)N)OC(F)(F)F. The third-order valence-electron chi connectivity index (χ3n) is 1.36. The molecule has 82 valence electrons. The van der Waals surface area contributed by atoms with Gasteiger partial charge in [-0.15, -0.1) is 13.2 Å². The molecule has 0 heterocycles. The molecule has 14 heavy (non-hydrogen) atoms. The molecular weight excluding hydrogens is 195 g/mol. The molecule has 0 spiro atoms. The summed E-state index contributed by atoms with van der Waals surface area (Å²) in [5, 5.41) is 0. The van der Waals surface area contributed by atoms with E-state index in [-0.39, 0.29) is 6.42 Å². The number of nitrogens with two attached hydrogens (primary N) is 1. The van der Waals surface area contributed by atoms with E-state index in [0.29, 0.717) is 5.70 Å². The van der Waals surface area contributed by atoms with Crippen molar-refractivity contribution in [3.8, 4) is 0 Å². The van der Waals surface area contributed by atoms with Gasteiger partial charge in [-0.1, -0.05) is 18.2 Å². The zero-order valence-corrected chi connectivity index (χ0v) is 8.14. The van der Waals surface area contributed by atoms with Crippen LogP contribution in [0.5, 0.6) is 0 Å². The zero-order valence-electron chi connectivity index (χ0n) is 8.14. The van der Waals surface area contributed by atoms with Gasteiger partial charge < -0.3 is 5.73 Å². The van der Waals surface area contributed by atoms with Gasteiger partial charge in [0, 0.05) is 5.70 Å². The average molecular weight is 209 g/mol. The van der Waals surface area contributed by atoms with Crippen molar-refractivity contribution in [2.24, 2.45) is 5.73 Å². The van der Waals surface area contributed by atoms with Crippen molar-refractivity contribution < 1.29 is 17.9 Å². The molecule has 1 atom stereocenters. The minimum absolute atomic E-state index is 0.117. The molecule has 0 aliphatic carbocycles. The molecule has 2 nitrogen and oxygen atoms in total. The average Bonchev–Trinajstić information content (AvgIpc) is 1.98. The Bertz CT molecular complexity index is 217. The fraction of sp³-hybridized carbons (Fsp3) is 0.556. The molecule has 2 N–H and O–H groups in total. The van der Waals surface area contributed by atoms with Crippen LogP contribution in [-0.4, -0.2) is 12.5 Å². The topological polar surface area (TPSA) is 35.2 Å². The van der Waals surface area contributed by atoms with Crippen LogP contribution < -0.4 is 5.73 Å². The van der Waals surface area contributed by atoms with E-state index in [9.17, 15) is 13.2 Å². The number of ether oxygens (including phenoxy) is 1. The highest BCUT2D eigenvalue weighted by Gasteiger charge is 2.32. The van der Waals surface area contributed by atoms with Gasteiger partial charge in [-0.3, -0.25) is 4.74 Å². The van der Waals surface area contributed by atoms with Gasteiger partial charge in [-0.25, -0.2) is 0 Å². The summed E-state index contributed by atoms with van der Waals surface area (Å²) in [6.07, 6.45) is -1.15. The fourth-order valence-electron chi connectivity index (χ4n) is 0.854. The van der Waals surface area contributed by atoms with Crippen LogP contribution in [0.1, 0.15) is 20.3 Å². The van der Waals surface area contributed by atoms with Crippen molar-refractivity contribution in [3.05, 3.63) is 23.9 Å². The summed E-state index contributed by atoms with van der Waals surface area (Å²) >= 11 is 0. The molecule has 0 amide bonds. The van der Waals surface area contributed by atoms with Crippen molar-refractivity contribution in [1.82, 2.24) is 0 Å². The van der Waals surface area contributed by atoms with Gasteiger partial charge in [0.15, 0.2) is 0 Å². The molecule has 0 aromatic carbocycles. The van der Waals surface area contributed by atoms with Gasteiger partial charge in [0.25, 0.3) is 0 Å². The van der Waals surface area contributed by atoms with Crippen molar-refractivity contribution in [2.75, 3.05) is 0 Å². The lowest BCUT2D eigenvalue weighted by atomic mass is 10.2. The van der Waals surface area contributed by atoms with E-state index in [2.05, 4.69) is 4.74 Å². The molecule has 0 aromatic heterocycles. The van der Waals surface area contributed by atoms with Crippen molar-refractivity contribution in [3.63, 3.8) is 0 Å². The number of rotatable bonds is 4. The summed E-state index contributed by atoms with van der Waals surface area (Å²) < 4.78 is 39.4. The molecule has 0 aliphatic heterocycles. The number of hydrogen-bond acceptors (Lipinski definition) is 2. The Morgan fingerprint density at radius 1 is 1.50 bits per heavy atom. The van der Waals surface area contributed by atoms with Crippen LogP contribution in [-0.2, 0) is 4.74 Å². The molecule has 0 radical (unpaired) electrons. The van der Waals surface area contributed by atoms with Crippen LogP contribution in [0.25, 0.3) is 0 Å². The predicted molar refractivity (Wildman–Crippen MR) is 48.3 cm³/mol. The fourth-order valence-corrected chi connectivity index (χ4v) is 0.854. The summed E-state index contributed by atoms with van der Waals surface area (Å²) in [5.74, 6) is 0. The molecule has 1 unspecified atom stereocenters. The smallest absolute Gasteiger partial charge is 0.403 e. The first-order valence-electron chi connectivity index (χ1n) is 4.14. The maximum atomic E-state index is 11.8. The Morgan fingerprint density at radius 2 is 2.07 bits per heavy atom. The summed E-state index contributed by atoms with van der Waals surface area (Å²) in [7, 11) is 0. The maximum absolute atomic E-state index is 11.8. The lowest BCUT2D eigenvalue weighted by Crippen LogP contribution is -2.22. The van der Waals surface area contributed by atoms with E-state index < -0.39 is 12.5 Å². The lowest BCUT2D eigenvalue weighted by Gasteiger charge is -2.14. The Labute approximate surface area is 81.2 Å². The quantitative estimate of drug-likeness (QED) is 0.722. The highest BCUT2D eigenvalue weighted by Crippen LogP contribution is 2.21. The molecule has 0 fully saturated rings. The number of halogens is 3. The second kappa shape index (κ2) is 5.70. The van der Waals surface area contributed by atoms with Crippen LogP contribution in [0.4, 0.5) is 13.2 Å². The first-order valence-corrected chi connectivity index (χ1v) is 4.14. The Morgan fingerprint density at radius 3 is 2.43 bits per heavy atom.